The Morgan fingerprint density at radius 3 is 2.52 bits per heavy atom. The lowest BCUT2D eigenvalue weighted by Crippen LogP contribution is -2.51. The van der Waals surface area contributed by atoms with E-state index >= 15 is 0 Å². The largest absolute Gasteiger partial charge is 0.341 e. The monoisotopic (exact) mass is 398 g/mol. The number of halogens is 1. The van der Waals surface area contributed by atoms with Gasteiger partial charge in [-0.15, -0.1) is 0 Å². The summed E-state index contributed by atoms with van der Waals surface area (Å²) < 4.78 is 16.1. The number of carbonyl (C=O) groups is 1. The third kappa shape index (κ3) is 3.45. The van der Waals surface area contributed by atoms with Crippen molar-refractivity contribution in [1.82, 2.24) is 19.4 Å². The van der Waals surface area contributed by atoms with Gasteiger partial charge in [0.25, 0.3) is 0 Å². The molecule has 0 bridgehead atoms. The van der Waals surface area contributed by atoms with Crippen molar-refractivity contribution in [2.24, 2.45) is 0 Å². The lowest BCUT2D eigenvalue weighted by atomic mass is 9.84. The van der Waals surface area contributed by atoms with E-state index in [-0.39, 0.29) is 11.9 Å². The van der Waals surface area contributed by atoms with Crippen molar-refractivity contribution in [3.63, 3.8) is 0 Å². The molecule has 0 N–H and O–H groups in total. The molecule has 29 heavy (non-hydrogen) atoms. The molecule has 1 atom stereocenters. The zero-order valence-corrected chi connectivity index (χ0v) is 17.3. The molecule has 156 valence electrons. The number of hydrogen-bond donors (Lipinski definition) is 0. The van der Waals surface area contributed by atoms with E-state index in [2.05, 4.69) is 21.4 Å². The zero-order valence-electron chi connectivity index (χ0n) is 17.3. The Hall–Kier alpha value is -1.95. The van der Waals surface area contributed by atoms with Crippen LogP contribution in [0.25, 0.3) is 11.0 Å². The Kier molecular flexibility index (Phi) is 5.06. The second-order valence-electron chi connectivity index (χ2n) is 9.15. The van der Waals surface area contributed by atoms with Gasteiger partial charge in [0.15, 0.2) is 0 Å². The minimum atomic E-state index is -0.223. The number of likely N-dealkylation sites (N-methyl/N-ethyl adjacent to an activating group) is 1. The summed E-state index contributed by atoms with van der Waals surface area (Å²) in [5, 5.41) is 0. The van der Waals surface area contributed by atoms with Gasteiger partial charge in [-0.25, -0.2) is 9.37 Å². The van der Waals surface area contributed by atoms with Crippen LogP contribution in [0.2, 0.25) is 0 Å². The molecule has 0 spiro atoms. The number of fused-ring (bicyclic) bond motifs is 1. The van der Waals surface area contributed by atoms with Crippen LogP contribution in [0, 0.1) is 5.82 Å². The van der Waals surface area contributed by atoms with E-state index in [4.69, 9.17) is 4.98 Å². The van der Waals surface area contributed by atoms with Gasteiger partial charge < -0.3 is 9.47 Å². The minimum Gasteiger partial charge on any atom is -0.341 e. The van der Waals surface area contributed by atoms with Gasteiger partial charge in [0.05, 0.1) is 17.1 Å². The van der Waals surface area contributed by atoms with Crippen molar-refractivity contribution in [2.45, 2.75) is 69.4 Å². The van der Waals surface area contributed by atoms with Gasteiger partial charge >= 0.3 is 0 Å². The molecular formula is C23H31FN4O. The minimum absolute atomic E-state index is 0.0582. The standard InChI is InChI=1S/C23H31FN4O/c1-26-12-3-2-7-21(26)23(29)27-13-10-18(11-14-27)28-20-9-8-17(24)15-19(20)25-22(28)16-5-4-6-16/h8-9,15-16,18,21H,2-7,10-14H2,1H3/t21-/m1/s1. The Morgan fingerprint density at radius 2 is 1.83 bits per heavy atom. The smallest absolute Gasteiger partial charge is 0.239 e. The highest BCUT2D eigenvalue weighted by atomic mass is 19.1. The molecule has 5 nitrogen and oxygen atoms in total. The van der Waals surface area contributed by atoms with Crippen molar-refractivity contribution < 1.29 is 9.18 Å². The van der Waals surface area contributed by atoms with E-state index in [0.717, 1.165) is 62.2 Å². The van der Waals surface area contributed by atoms with Crippen LogP contribution < -0.4 is 0 Å². The highest BCUT2D eigenvalue weighted by Crippen LogP contribution is 2.40. The number of piperidine rings is 2. The third-order valence-electron chi connectivity index (χ3n) is 7.35. The van der Waals surface area contributed by atoms with Crippen LogP contribution in [0.5, 0.6) is 0 Å². The molecule has 1 amide bonds. The highest BCUT2D eigenvalue weighted by Gasteiger charge is 2.34. The second-order valence-corrected chi connectivity index (χ2v) is 9.15. The lowest BCUT2D eigenvalue weighted by Gasteiger charge is -2.39. The number of hydrogen-bond acceptors (Lipinski definition) is 3. The number of rotatable bonds is 3. The predicted octanol–water partition coefficient (Wildman–Crippen LogP) is 4.09. The summed E-state index contributed by atoms with van der Waals surface area (Å²) in [7, 11) is 2.08. The molecule has 3 heterocycles. The molecule has 3 aliphatic rings. The molecular weight excluding hydrogens is 367 g/mol. The second kappa shape index (κ2) is 7.71. The van der Waals surface area contributed by atoms with E-state index in [1.54, 1.807) is 12.1 Å². The van der Waals surface area contributed by atoms with Gasteiger partial charge in [-0.2, -0.15) is 0 Å². The number of carbonyl (C=O) groups excluding carboxylic acids is 1. The molecule has 6 heteroatoms. The molecule has 1 saturated carbocycles. The first kappa shape index (κ1) is 19.0. The van der Waals surface area contributed by atoms with Crippen LogP contribution in [0.3, 0.4) is 0 Å². The molecule has 1 aromatic carbocycles. The van der Waals surface area contributed by atoms with Crippen molar-refractivity contribution in [3.8, 4) is 0 Å². The first-order valence-corrected chi connectivity index (χ1v) is 11.3. The fourth-order valence-electron chi connectivity index (χ4n) is 5.37. The average Bonchev–Trinajstić information content (AvgIpc) is 3.04. The molecule has 2 aliphatic heterocycles. The average molecular weight is 399 g/mol. The normalized spacial score (nSPS) is 24.8. The molecule has 0 unspecified atom stereocenters. The molecule has 1 aromatic heterocycles. The predicted molar refractivity (Wildman–Crippen MR) is 111 cm³/mol. The summed E-state index contributed by atoms with van der Waals surface area (Å²) in [6.07, 6.45) is 8.84. The maximum Gasteiger partial charge on any atom is 0.239 e. The number of amides is 1. The molecule has 2 aromatic rings. The third-order valence-corrected chi connectivity index (χ3v) is 7.35. The van der Waals surface area contributed by atoms with E-state index in [1.807, 2.05) is 6.07 Å². The van der Waals surface area contributed by atoms with Gasteiger partial charge in [0.1, 0.15) is 11.6 Å². The van der Waals surface area contributed by atoms with E-state index in [1.165, 1.54) is 25.7 Å². The first-order valence-electron chi connectivity index (χ1n) is 11.3. The summed E-state index contributed by atoms with van der Waals surface area (Å²) >= 11 is 0. The van der Waals surface area contributed by atoms with Crippen LogP contribution in [0.4, 0.5) is 4.39 Å². The Morgan fingerprint density at radius 1 is 1.03 bits per heavy atom. The lowest BCUT2D eigenvalue weighted by molar-refractivity contribution is -0.139. The molecule has 5 rings (SSSR count). The van der Waals surface area contributed by atoms with Crippen LogP contribution in [-0.2, 0) is 4.79 Å². The van der Waals surface area contributed by atoms with E-state index < -0.39 is 0 Å². The summed E-state index contributed by atoms with van der Waals surface area (Å²) in [5.41, 5.74) is 1.82. The number of aromatic nitrogens is 2. The van der Waals surface area contributed by atoms with Crippen LogP contribution in [0.15, 0.2) is 18.2 Å². The van der Waals surface area contributed by atoms with Crippen molar-refractivity contribution in [2.75, 3.05) is 26.7 Å². The quantitative estimate of drug-likeness (QED) is 0.782. The van der Waals surface area contributed by atoms with E-state index in [0.29, 0.717) is 17.9 Å². The molecule has 3 fully saturated rings. The maximum atomic E-state index is 13.8. The Balaban J connectivity index is 1.35. The zero-order chi connectivity index (χ0) is 20.0. The number of nitrogens with zero attached hydrogens (tertiary/aromatic N) is 4. The van der Waals surface area contributed by atoms with Gasteiger partial charge in [0, 0.05) is 31.1 Å². The van der Waals surface area contributed by atoms with Crippen LogP contribution in [-0.4, -0.2) is 58.0 Å². The SMILES string of the molecule is CN1CCCC[C@@H]1C(=O)N1CCC(n2c(C3CCC3)nc3cc(F)ccc32)CC1. The topological polar surface area (TPSA) is 41.4 Å². The van der Waals surface area contributed by atoms with Crippen molar-refractivity contribution in [1.29, 1.82) is 0 Å². The molecule has 1 aliphatic carbocycles. The highest BCUT2D eigenvalue weighted by molar-refractivity contribution is 5.82. The van der Waals surface area contributed by atoms with Crippen LogP contribution >= 0.6 is 0 Å². The molecule has 0 radical (unpaired) electrons. The summed E-state index contributed by atoms with van der Waals surface area (Å²) in [6, 6.07) is 5.39. The van der Waals surface area contributed by atoms with Crippen LogP contribution in [0.1, 0.15) is 69.2 Å². The first-order chi connectivity index (χ1) is 14.1. The maximum absolute atomic E-state index is 13.8. The fraction of sp³-hybridized carbons (Fsp3) is 0.652. The van der Waals surface area contributed by atoms with E-state index in [9.17, 15) is 9.18 Å². The number of imidazole rings is 1. The van der Waals surface area contributed by atoms with Gasteiger partial charge in [0.2, 0.25) is 5.91 Å². The summed E-state index contributed by atoms with van der Waals surface area (Å²) in [4.78, 5) is 22.2. The Bertz CT molecular complexity index is 898. The fourth-order valence-corrected chi connectivity index (χ4v) is 5.37. The van der Waals surface area contributed by atoms with Gasteiger partial charge in [-0.3, -0.25) is 9.69 Å². The van der Waals surface area contributed by atoms with Crippen molar-refractivity contribution in [3.05, 3.63) is 29.8 Å². The van der Waals surface area contributed by atoms with Gasteiger partial charge in [-0.1, -0.05) is 12.8 Å². The number of likely N-dealkylation sites (tertiary alicyclic amines) is 2. The summed E-state index contributed by atoms with van der Waals surface area (Å²) in [5.74, 6) is 1.72. The Labute approximate surface area is 171 Å². The number of benzene rings is 1. The molecule has 2 saturated heterocycles. The van der Waals surface area contributed by atoms with Crippen molar-refractivity contribution >= 4 is 16.9 Å². The summed E-state index contributed by atoms with van der Waals surface area (Å²) in [6.45, 7) is 2.63. The van der Waals surface area contributed by atoms with Gasteiger partial charge in [-0.05, 0) is 64.3 Å².